The molecule has 0 saturated carbocycles. The molecule has 42 heavy (non-hydrogen) atoms. The van der Waals surface area contributed by atoms with Crippen molar-refractivity contribution in [2.75, 3.05) is 13.1 Å². The van der Waals surface area contributed by atoms with Crippen molar-refractivity contribution in [3.05, 3.63) is 65.5 Å². The molecule has 4 amide bonds. The lowest BCUT2D eigenvalue weighted by molar-refractivity contribution is -0.155. The van der Waals surface area contributed by atoms with Gasteiger partial charge in [0.2, 0.25) is 23.5 Å². The maximum Gasteiger partial charge on any atom is 0.452 e. The predicted molar refractivity (Wildman–Crippen MR) is 142 cm³/mol. The van der Waals surface area contributed by atoms with Crippen molar-refractivity contribution < 1.29 is 41.7 Å². The van der Waals surface area contributed by atoms with E-state index in [9.17, 15) is 37.1 Å². The van der Waals surface area contributed by atoms with Crippen LogP contribution in [0.1, 0.15) is 41.1 Å². The summed E-state index contributed by atoms with van der Waals surface area (Å²) in [6.45, 7) is -0.0137. The number of nitrogens with zero attached hydrogens (tertiary/aromatic N) is 1. The number of amides is 4. The molecule has 2 heterocycles. The number of benzene rings is 2. The van der Waals surface area contributed by atoms with Crippen molar-refractivity contribution in [2.24, 2.45) is 5.92 Å². The second-order valence-electron chi connectivity index (χ2n) is 9.84. The first kappa shape index (κ1) is 30.2. The number of hydrogen-bond donors (Lipinski definition) is 4. The van der Waals surface area contributed by atoms with Gasteiger partial charge < -0.3 is 30.6 Å². The van der Waals surface area contributed by atoms with Gasteiger partial charge in [0.1, 0.15) is 12.3 Å². The third-order valence-corrected chi connectivity index (χ3v) is 6.82. The van der Waals surface area contributed by atoms with Gasteiger partial charge >= 0.3 is 6.18 Å². The van der Waals surface area contributed by atoms with Crippen LogP contribution in [0.15, 0.2) is 53.1 Å². The number of alkyl halides is 3. The normalized spacial score (nSPS) is 16.6. The van der Waals surface area contributed by atoms with Gasteiger partial charge in [-0.3, -0.25) is 19.2 Å². The Labute approximate surface area is 237 Å². The minimum absolute atomic E-state index is 0.0712. The molecule has 1 aliphatic heterocycles. The molecular formula is C28H28F3N5O6. The number of carbonyl (C=O) groups is 5. The van der Waals surface area contributed by atoms with E-state index >= 15 is 0 Å². The van der Waals surface area contributed by atoms with E-state index in [0.717, 1.165) is 17.2 Å². The van der Waals surface area contributed by atoms with Crippen LogP contribution in [0.3, 0.4) is 0 Å². The summed E-state index contributed by atoms with van der Waals surface area (Å²) >= 11 is 0. The van der Waals surface area contributed by atoms with E-state index in [2.05, 4.69) is 30.9 Å². The molecule has 1 aromatic heterocycles. The van der Waals surface area contributed by atoms with Crippen molar-refractivity contribution in [3.8, 4) is 0 Å². The van der Waals surface area contributed by atoms with Crippen LogP contribution < -0.4 is 21.3 Å². The SMILES string of the molecule is O=C[C@H](C[C@@H]1CCCNC1=O)NC(=O)CNC(=O)[C@H](Cc1cccc2ccccc12)NC(=O)c1cc(C(F)(F)F)on1. The number of aldehydes is 1. The fraction of sp³-hybridized carbons (Fsp3) is 0.357. The third-order valence-electron chi connectivity index (χ3n) is 6.82. The van der Waals surface area contributed by atoms with E-state index in [4.69, 9.17) is 0 Å². The number of carbonyl (C=O) groups excluding carboxylic acids is 5. The Kier molecular flexibility index (Phi) is 9.55. The van der Waals surface area contributed by atoms with Gasteiger partial charge in [0.05, 0.1) is 12.6 Å². The highest BCUT2D eigenvalue weighted by Crippen LogP contribution is 2.29. The van der Waals surface area contributed by atoms with Crippen molar-refractivity contribution >= 4 is 40.7 Å². The van der Waals surface area contributed by atoms with Gasteiger partial charge in [0.25, 0.3) is 5.91 Å². The molecule has 14 heteroatoms. The summed E-state index contributed by atoms with van der Waals surface area (Å²) < 4.78 is 43.0. The minimum atomic E-state index is -4.86. The molecular weight excluding hydrogens is 559 g/mol. The summed E-state index contributed by atoms with van der Waals surface area (Å²) in [6.07, 6.45) is -2.99. The summed E-state index contributed by atoms with van der Waals surface area (Å²) in [4.78, 5) is 62.0. The molecule has 11 nitrogen and oxygen atoms in total. The van der Waals surface area contributed by atoms with Gasteiger partial charge in [-0.15, -0.1) is 0 Å². The van der Waals surface area contributed by atoms with Gasteiger partial charge in [-0.25, -0.2) is 0 Å². The zero-order chi connectivity index (χ0) is 30.3. The van der Waals surface area contributed by atoms with E-state index in [-0.39, 0.29) is 18.7 Å². The number of hydrogen-bond acceptors (Lipinski definition) is 7. The second-order valence-corrected chi connectivity index (χ2v) is 9.84. The number of nitrogens with one attached hydrogen (secondary N) is 4. The highest BCUT2D eigenvalue weighted by molar-refractivity contribution is 5.97. The summed E-state index contributed by atoms with van der Waals surface area (Å²) in [5.74, 6) is -4.71. The standard InChI is InChI=1S/C28H28F3N5O6/c29-28(30,31)23-13-22(36-42-23)27(41)35-21(12-17-7-3-6-16-5-1-2-9-20(16)17)26(40)33-14-24(38)34-19(15-37)11-18-8-4-10-32-25(18)39/h1-3,5-7,9,13,15,18-19,21H,4,8,10-12,14H2,(H,32,39)(H,33,40)(H,34,38)(H,35,41)/t18-,19-,21-/m0/s1. The zero-order valence-corrected chi connectivity index (χ0v) is 22.2. The first-order chi connectivity index (χ1) is 20.0. The van der Waals surface area contributed by atoms with Crippen LogP contribution in [0, 0.1) is 5.92 Å². The number of rotatable bonds is 11. The second kappa shape index (κ2) is 13.3. The lowest BCUT2D eigenvalue weighted by Gasteiger charge is -2.24. The van der Waals surface area contributed by atoms with Gasteiger partial charge in [-0.2, -0.15) is 13.2 Å². The summed E-state index contributed by atoms with van der Waals surface area (Å²) in [5, 5.41) is 14.7. The fourth-order valence-electron chi connectivity index (χ4n) is 4.71. The van der Waals surface area contributed by atoms with Gasteiger partial charge in [0, 0.05) is 24.9 Å². The topological polar surface area (TPSA) is 160 Å². The molecule has 1 saturated heterocycles. The van der Waals surface area contributed by atoms with E-state index in [1.54, 1.807) is 18.2 Å². The first-order valence-corrected chi connectivity index (χ1v) is 13.2. The molecule has 0 unspecified atom stereocenters. The Morgan fingerprint density at radius 1 is 1.12 bits per heavy atom. The molecule has 2 aromatic carbocycles. The number of aromatic nitrogens is 1. The van der Waals surface area contributed by atoms with Crippen LogP contribution in [0.25, 0.3) is 10.8 Å². The summed E-state index contributed by atoms with van der Waals surface area (Å²) in [5.41, 5.74) is -0.0303. The molecule has 0 bridgehead atoms. The Balaban J connectivity index is 1.45. The largest absolute Gasteiger partial charge is 0.452 e. The molecule has 0 radical (unpaired) electrons. The van der Waals surface area contributed by atoms with Crippen molar-refractivity contribution in [3.63, 3.8) is 0 Å². The van der Waals surface area contributed by atoms with Gasteiger partial charge in [0.15, 0.2) is 5.69 Å². The molecule has 1 aliphatic rings. The maximum absolute atomic E-state index is 13.2. The van der Waals surface area contributed by atoms with Crippen LogP contribution in [0.4, 0.5) is 13.2 Å². The van der Waals surface area contributed by atoms with E-state index in [1.165, 1.54) is 0 Å². The van der Waals surface area contributed by atoms with Crippen molar-refractivity contribution in [1.82, 2.24) is 26.4 Å². The molecule has 0 spiro atoms. The van der Waals surface area contributed by atoms with Gasteiger partial charge in [-0.1, -0.05) is 47.6 Å². The predicted octanol–water partition coefficient (Wildman–Crippen LogP) is 1.90. The van der Waals surface area contributed by atoms with Crippen LogP contribution >= 0.6 is 0 Å². The Morgan fingerprint density at radius 3 is 2.60 bits per heavy atom. The average Bonchev–Trinajstić information content (AvgIpc) is 3.48. The van der Waals surface area contributed by atoms with E-state index < -0.39 is 59.9 Å². The lowest BCUT2D eigenvalue weighted by Crippen LogP contribution is -2.51. The number of fused-ring (bicyclic) bond motifs is 1. The van der Waals surface area contributed by atoms with Crippen LogP contribution in [0.5, 0.6) is 0 Å². The molecule has 4 N–H and O–H groups in total. The Bertz CT molecular complexity index is 1470. The quantitative estimate of drug-likeness (QED) is 0.249. The van der Waals surface area contributed by atoms with Crippen LogP contribution in [-0.2, 0) is 31.8 Å². The number of halogens is 3. The zero-order valence-electron chi connectivity index (χ0n) is 22.2. The molecule has 3 aromatic rings. The molecule has 222 valence electrons. The first-order valence-electron chi connectivity index (χ1n) is 13.2. The number of piperidine rings is 1. The molecule has 0 aliphatic carbocycles. The van der Waals surface area contributed by atoms with Crippen LogP contribution in [-0.4, -0.2) is 60.2 Å². The summed E-state index contributed by atoms with van der Waals surface area (Å²) in [7, 11) is 0. The van der Waals surface area contributed by atoms with Crippen LogP contribution in [0.2, 0.25) is 0 Å². The van der Waals surface area contributed by atoms with E-state index in [1.807, 2.05) is 24.3 Å². The highest BCUT2D eigenvalue weighted by Gasteiger charge is 2.37. The smallest absolute Gasteiger partial charge is 0.356 e. The maximum atomic E-state index is 13.2. The Morgan fingerprint density at radius 2 is 1.88 bits per heavy atom. The molecule has 3 atom stereocenters. The van der Waals surface area contributed by atoms with Crippen molar-refractivity contribution in [2.45, 2.75) is 43.9 Å². The average molecular weight is 588 g/mol. The third kappa shape index (κ3) is 7.71. The lowest BCUT2D eigenvalue weighted by atomic mass is 9.92. The minimum Gasteiger partial charge on any atom is -0.356 e. The molecule has 4 rings (SSSR count). The van der Waals surface area contributed by atoms with Gasteiger partial charge in [-0.05, 0) is 35.6 Å². The molecule has 1 fully saturated rings. The Hall–Kier alpha value is -4.75. The monoisotopic (exact) mass is 587 g/mol. The highest BCUT2D eigenvalue weighted by atomic mass is 19.4. The van der Waals surface area contributed by atoms with E-state index in [0.29, 0.717) is 30.9 Å². The summed E-state index contributed by atoms with van der Waals surface area (Å²) in [6, 6.07) is 10.8. The fourth-order valence-corrected chi connectivity index (χ4v) is 4.71. The van der Waals surface area contributed by atoms with Crippen molar-refractivity contribution in [1.29, 1.82) is 0 Å².